The van der Waals surface area contributed by atoms with Crippen molar-refractivity contribution in [2.75, 3.05) is 31.8 Å². The third-order valence-electron chi connectivity index (χ3n) is 3.59. The highest BCUT2D eigenvalue weighted by Crippen LogP contribution is 2.27. The lowest BCUT2D eigenvalue weighted by molar-refractivity contribution is 0.404. The second-order valence-corrected chi connectivity index (χ2v) is 8.69. The zero-order valence-corrected chi connectivity index (χ0v) is 17.0. The Hall–Kier alpha value is -1.35. The van der Waals surface area contributed by atoms with E-state index in [0.717, 1.165) is 34.6 Å². The summed E-state index contributed by atoms with van der Waals surface area (Å²) in [5, 5.41) is 5.18. The summed E-state index contributed by atoms with van der Waals surface area (Å²) < 4.78 is 1.25. The molecule has 0 aliphatic rings. The molecule has 0 aliphatic carbocycles. The van der Waals surface area contributed by atoms with E-state index in [0.29, 0.717) is 5.82 Å². The summed E-state index contributed by atoms with van der Waals surface area (Å²) >= 11 is 4.96. The van der Waals surface area contributed by atoms with Gasteiger partial charge in [0.1, 0.15) is 10.8 Å². The number of thiophene rings is 1. The summed E-state index contributed by atoms with van der Waals surface area (Å²) in [6.45, 7) is 0.951. The minimum Gasteiger partial charge on any atom is -0.384 e. The highest BCUT2D eigenvalue weighted by Gasteiger charge is 2.08. The Morgan fingerprint density at radius 2 is 2.08 bits per heavy atom. The van der Waals surface area contributed by atoms with Crippen LogP contribution in [0.4, 0.5) is 5.82 Å². The number of nitrogens with two attached hydrogens (primary N) is 1. The lowest BCUT2D eigenvalue weighted by Crippen LogP contribution is -2.10. The summed E-state index contributed by atoms with van der Waals surface area (Å²) in [5.41, 5.74) is 8.30. The highest BCUT2D eigenvalue weighted by atomic mass is 32.2. The van der Waals surface area contributed by atoms with Crippen molar-refractivity contribution < 1.29 is 0 Å². The Bertz CT molecular complexity index is 863. The van der Waals surface area contributed by atoms with Gasteiger partial charge in [-0.1, -0.05) is 11.8 Å². The standard InChI is InChI=1S/C17H21N5S3/c1-22(2)9-11-10-25-14-8-19-12(6-13(11)14)4-5-24-17-20-15(18)7-16(21-17)23-3/h6-8,10H,4-5,9H2,1-3H3,(H2,18,20,21). The number of aromatic nitrogens is 3. The third-order valence-corrected chi connectivity index (χ3v) is 6.04. The van der Waals surface area contributed by atoms with E-state index < -0.39 is 0 Å². The molecule has 3 aromatic rings. The van der Waals surface area contributed by atoms with E-state index in [-0.39, 0.29) is 0 Å². The van der Waals surface area contributed by atoms with Crippen LogP contribution < -0.4 is 5.73 Å². The second-order valence-electron chi connectivity index (χ2n) is 5.89. The molecule has 132 valence electrons. The fourth-order valence-corrected chi connectivity index (χ4v) is 4.67. The molecule has 0 saturated heterocycles. The topological polar surface area (TPSA) is 67.9 Å². The number of rotatable bonds is 7. The van der Waals surface area contributed by atoms with Crippen LogP contribution in [0.1, 0.15) is 11.3 Å². The smallest absolute Gasteiger partial charge is 0.190 e. The molecule has 0 fully saturated rings. The molecule has 3 aromatic heterocycles. The quantitative estimate of drug-likeness (QED) is 0.373. The zero-order chi connectivity index (χ0) is 17.8. The van der Waals surface area contributed by atoms with E-state index in [4.69, 9.17) is 5.73 Å². The summed E-state index contributed by atoms with van der Waals surface area (Å²) in [6.07, 6.45) is 4.86. The molecule has 3 heterocycles. The molecule has 0 aliphatic heterocycles. The molecule has 5 nitrogen and oxygen atoms in total. The number of nitrogen functional groups attached to an aromatic ring is 1. The van der Waals surface area contributed by atoms with Crippen LogP contribution in [0, 0.1) is 0 Å². The number of fused-ring (bicyclic) bond motifs is 1. The summed E-state index contributed by atoms with van der Waals surface area (Å²) in [4.78, 5) is 15.6. The van der Waals surface area contributed by atoms with Crippen LogP contribution in [0.5, 0.6) is 0 Å². The van der Waals surface area contributed by atoms with Gasteiger partial charge in [0.2, 0.25) is 0 Å². The largest absolute Gasteiger partial charge is 0.384 e. The Morgan fingerprint density at radius 1 is 1.24 bits per heavy atom. The van der Waals surface area contributed by atoms with Gasteiger partial charge in [-0.3, -0.25) is 4.98 Å². The number of aryl methyl sites for hydroxylation is 1. The molecule has 0 bridgehead atoms. The van der Waals surface area contributed by atoms with Gasteiger partial charge in [-0.15, -0.1) is 23.1 Å². The van der Waals surface area contributed by atoms with Gasteiger partial charge in [-0.05, 0) is 43.8 Å². The van der Waals surface area contributed by atoms with Crippen molar-refractivity contribution in [2.24, 2.45) is 0 Å². The molecular weight excluding hydrogens is 370 g/mol. The van der Waals surface area contributed by atoms with Crippen LogP contribution in [0.2, 0.25) is 0 Å². The first kappa shape index (κ1) is 18.4. The lowest BCUT2D eigenvalue weighted by Gasteiger charge is -2.08. The van der Waals surface area contributed by atoms with E-state index in [1.54, 1.807) is 40.9 Å². The monoisotopic (exact) mass is 391 g/mol. The fraction of sp³-hybridized carbons (Fsp3) is 0.353. The molecule has 2 N–H and O–H groups in total. The van der Waals surface area contributed by atoms with Gasteiger partial charge in [0.25, 0.3) is 0 Å². The second kappa shape index (κ2) is 8.35. The Balaban J connectivity index is 1.68. The first-order valence-electron chi connectivity index (χ1n) is 7.86. The normalized spacial score (nSPS) is 11.5. The predicted octanol–water partition coefficient (Wildman–Crippen LogP) is 3.79. The first-order valence-corrected chi connectivity index (χ1v) is 10.9. The Kier molecular flexibility index (Phi) is 6.16. The van der Waals surface area contributed by atoms with E-state index >= 15 is 0 Å². The average Bonchev–Trinajstić information content (AvgIpc) is 2.96. The third kappa shape index (κ3) is 4.84. The van der Waals surface area contributed by atoms with Crippen molar-refractivity contribution in [3.8, 4) is 0 Å². The maximum Gasteiger partial charge on any atom is 0.190 e. The molecule has 3 rings (SSSR count). The predicted molar refractivity (Wildman–Crippen MR) is 110 cm³/mol. The van der Waals surface area contributed by atoms with Gasteiger partial charge in [0.15, 0.2) is 5.16 Å². The average molecular weight is 392 g/mol. The number of thioether (sulfide) groups is 2. The minimum absolute atomic E-state index is 0.521. The van der Waals surface area contributed by atoms with E-state index in [9.17, 15) is 0 Å². The van der Waals surface area contributed by atoms with E-state index in [1.165, 1.54) is 15.6 Å². The summed E-state index contributed by atoms with van der Waals surface area (Å²) in [6, 6.07) is 4.02. The lowest BCUT2D eigenvalue weighted by atomic mass is 10.1. The molecule has 0 radical (unpaired) electrons. The van der Waals surface area contributed by atoms with Crippen LogP contribution in [0.3, 0.4) is 0 Å². The molecule has 0 unspecified atom stereocenters. The molecule has 0 atom stereocenters. The van der Waals surface area contributed by atoms with Crippen LogP contribution in [0.15, 0.2) is 33.9 Å². The van der Waals surface area contributed by atoms with Crippen molar-refractivity contribution >= 4 is 50.8 Å². The maximum atomic E-state index is 5.83. The van der Waals surface area contributed by atoms with Gasteiger partial charge in [-0.2, -0.15) is 0 Å². The van der Waals surface area contributed by atoms with Crippen LogP contribution >= 0.6 is 34.9 Å². The van der Waals surface area contributed by atoms with Crippen LogP contribution in [-0.4, -0.2) is 46.0 Å². The number of nitrogens with zero attached hydrogens (tertiary/aromatic N) is 4. The van der Waals surface area contributed by atoms with Gasteiger partial charge >= 0.3 is 0 Å². The zero-order valence-electron chi connectivity index (χ0n) is 14.5. The molecule has 25 heavy (non-hydrogen) atoms. The number of hydrogen-bond donors (Lipinski definition) is 1. The van der Waals surface area contributed by atoms with Crippen molar-refractivity contribution in [3.05, 3.63) is 35.0 Å². The number of pyridine rings is 1. The van der Waals surface area contributed by atoms with Crippen molar-refractivity contribution in [2.45, 2.75) is 23.1 Å². The van der Waals surface area contributed by atoms with Crippen LogP contribution in [-0.2, 0) is 13.0 Å². The Labute approximate surface area is 160 Å². The van der Waals surface area contributed by atoms with Gasteiger partial charge in [0, 0.05) is 35.6 Å². The van der Waals surface area contributed by atoms with Crippen molar-refractivity contribution in [1.29, 1.82) is 0 Å². The fourth-order valence-electron chi connectivity index (χ4n) is 2.47. The van der Waals surface area contributed by atoms with E-state index in [2.05, 4.69) is 45.4 Å². The Morgan fingerprint density at radius 3 is 2.84 bits per heavy atom. The molecule has 0 amide bonds. The molecular formula is C17H21N5S3. The first-order chi connectivity index (χ1) is 12.0. The number of anilines is 1. The van der Waals surface area contributed by atoms with Gasteiger partial charge in [0.05, 0.1) is 4.70 Å². The summed E-state index contributed by atoms with van der Waals surface area (Å²) in [5.74, 6) is 1.40. The number of hydrogen-bond acceptors (Lipinski definition) is 8. The molecule has 0 saturated carbocycles. The molecule has 0 aromatic carbocycles. The van der Waals surface area contributed by atoms with Gasteiger partial charge < -0.3 is 10.6 Å². The van der Waals surface area contributed by atoms with Crippen LogP contribution in [0.25, 0.3) is 10.1 Å². The maximum absolute atomic E-state index is 5.83. The summed E-state index contributed by atoms with van der Waals surface area (Å²) in [7, 11) is 4.19. The van der Waals surface area contributed by atoms with Crippen molar-refractivity contribution in [1.82, 2.24) is 19.9 Å². The molecule has 0 spiro atoms. The van der Waals surface area contributed by atoms with Crippen molar-refractivity contribution in [3.63, 3.8) is 0 Å². The van der Waals surface area contributed by atoms with E-state index in [1.807, 2.05) is 12.5 Å². The molecule has 8 heteroatoms. The minimum atomic E-state index is 0.521. The SMILES string of the molecule is CSc1cc(N)nc(SCCc2cc3c(CN(C)C)csc3cn2)n1. The van der Waals surface area contributed by atoms with Gasteiger partial charge in [-0.25, -0.2) is 9.97 Å². The highest BCUT2D eigenvalue weighted by molar-refractivity contribution is 7.99.